The third-order valence-corrected chi connectivity index (χ3v) is 4.18. The number of H-pyrrole nitrogens is 1. The summed E-state index contributed by atoms with van der Waals surface area (Å²) in [6, 6.07) is 23.6. The summed E-state index contributed by atoms with van der Waals surface area (Å²) < 4.78 is 5.55. The van der Waals surface area contributed by atoms with E-state index in [9.17, 15) is 4.79 Å². The van der Waals surface area contributed by atoms with Crippen LogP contribution in [0, 0.1) is 0 Å². The van der Waals surface area contributed by atoms with Crippen molar-refractivity contribution in [2.24, 2.45) is 0 Å². The average molecular weight is 328 g/mol. The average Bonchev–Trinajstić information content (AvgIpc) is 2.67. The van der Waals surface area contributed by atoms with Crippen LogP contribution in [0.3, 0.4) is 0 Å². The fraction of sp³-hybridized carbons (Fsp3) is 0.0476. The SMILES string of the molecule is COc1cc2[nH]c(=O)nc(-c3ccccc3)c2cc1-c1ccccc1. The van der Waals surface area contributed by atoms with Crippen LogP contribution in [0.25, 0.3) is 33.3 Å². The van der Waals surface area contributed by atoms with Crippen LogP contribution in [0.2, 0.25) is 0 Å². The third kappa shape index (κ3) is 2.78. The zero-order valence-electron chi connectivity index (χ0n) is 13.7. The summed E-state index contributed by atoms with van der Waals surface area (Å²) in [4.78, 5) is 19.0. The molecule has 0 radical (unpaired) electrons. The number of hydrogen-bond donors (Lipinski definition) is 1. The molecule has 0 unspecified atom stereocenters. The van der Waals surface area contributed by atoms with Gasteiger partial charge in [0, 0.05) is 22.6 Å². The van der Waals surface area contributed by atoms with Gasteiger partial charge in [-0.3, -0.25) is 0 Å². The van der Waals surface area contributed by atoms with Gasteiger partial charge in [-0.1, -0.05) is 60.7 Å². The van der Waals surface area contributed by atoms with E-state index in [0.717, 1.165) is 22.1 Å². The molecule has 0 fully saturated rings. The Kier molecular flexibility index (Phi) is 3.78. The lowest BCUT2D eigenvalue weighted by Crippen LogP contribution is -2.11. The second-order valence-corrected chi connectivity index (χ2v) is 5.72. The van der Waals surface area contributed by atoms with E-state index in [1.807, 2.05) is 72.8 Å². The minimum Gasteiger partial charge on any atom is -0.496 e. The molecule has 0 aliphatic heterocycles. The molecule has 4 rings (SSSR count). The Labute approximate surface area is 144 Å². The van der Waals surface area contributed by atoms with Crippen molar-refractivity contribution >= 4 is 10.9 Å². The predicted octanol–water partition coefficient (Wildman–Crippen LogP) is 4.27. The largest absolute Gasteiger partial charge is 0.496 e. The van der Waals surface area contributed by atoms with Crippen LogP contribution < -0.4 is 10.4 Å². The molecule has 4 nitrogen and oxygen atoms in total. The first kappa shape index (κ1) is 15.1. The number of aromatic nitrogens is 2. The first-order valence-corrected chi connectivity index (χ1v) is 7.99. The van der Waals surface area contributed by atoms with Crippen LogP contribution in [0.1, 0.15) is 0 Å². The molecule has 1 heterocycles. The second kappa shape index (κ2) is 6.24. The van der Waals surface area contributed by atoms with Crippen molar-refractivity contribution in [3.8, 4) is 28.1 Å². The highest BCUT2D eigenvalue weighted by molar-refractivity contribution is 5.96. The molecule has 0 saturated carbocycles. The summed E-state index contributed by atoms with van der Waals surface area (Å²) in [5, 5.41) is 0.880. The molecule has 0 saturated heterocycles. The number of nitrogens with one attached hydrogen (secondary N) is 1. The first-order chi connectivity index (χ1) is 12.3. The maximum absolute atomic E-state index is 12.0. The van der Waals surface area contributed by atoms with Gasteiger partial charge in [0.2, 0.25) is 0 Å². The molecular weight excluding hydrogens is 312 g/mol. The predicted molar refractivity (Wildman–Crippen MR) is 99.8 cm³/mol. The van der Waals surface area contributed by atoms with Crippen molar-refractivity contribution in [3.63, 3.8) is 0 Å². The Balaban J connectivity index is 2.06. The van der Waals surface area contributed by atoms with Gasteiger partial charge in [0.25, 0.3) is 0 Å². The van der Waals surface area contributed by atoms with E-state index in [0.29, 0.717) is 17.0 Å². The van der Waals surface area contributed by atoms with Gasteiger partial charge in [0.15, 0.2) is 0 Å². The molecular formula is C21H16N2O2. The molecule has 4 aromatic rings. The summed E-state index contributed by atoms with van der Waals surface area (Å²) in [6.07, 6.45) is 0. The van der Waals surface area contributed by atoms with E-state index < -0.39 is 0 Å². The molecule has 0 amide bonds. The summed E-state index contributed by atoms with van der Waals surface area (Å²) in [5.74, 6) is 0.708. The van der Waals surface area contributed by atoms with E-state index in [-0.39, 0.29) is 5.69 Å². The molecule has 0 aliphatic rings. The highest BCUT2D eigenvalue weighted by atomic mass is 16.5. The van der Waals surface area contributed by atoms with Gasteiger partial charge in [-0.15, -0.1) is 0 Å². The van der Waals surface area contributed by atoms with E-state index in [1.54, 1.807) is 7.11 Å². The molecule has 3 aromatic carbocycles. The summed E-state index contributed by atoms with van der Waals surface area (Å²) in [6.45, 7) is 0. The zero-order valence-corrected chi connectivity index (χ0v) is 13.7. The topological polar surface area (TPSA) is 55.0 Å². The van der Waals surface area contributed by atoms with Crippen molar-refractivity contribution in [1.82, 2.24) is 9.97 Å². The summed E-state index contributed by atoms with van der Waals surface area (Å²) >= 11 is 0. The Hall–Kier alpha value is -3.40. The number of benzene rings is 3. The quantitative estimate of drug-likeness (QED) is 0.611. The lowest BCUT2D eigenvalue weighted by molar-refractivity contribution is 0.417. The molecule has 4 heteroatoms. The lowest BCUT2D eigenvalue weighted by atomic mass is 9.99. The minimum absolute atomic E-state index is 0.374. The molecule has 0 aliphatic carbocycles. The van der Waals surface area contributed by atoms with Gasteiger partial charge in [-0.25, -0.2) is 4.79 Å². The monoisotopic (exact) mass is 328 g/mol. The van der Waals surface area contributed by atoms with Crippen LogP contribution in [0.15, 0.2) is 77.6 Å². The fourth-order valence-electron chi connectivity index (χ4n) is 3.01. The van der Waals surface area contributed by atoms with Gasteiger partial charge in [0.05, 0.1) is 18.3 Å². The number of hydrogen-bond acceptors (Lipinski definition) is 3. The molecule has 0 atom stereocenters. The van der Waals surface area contributed by atoms with E-state index >= 15 is 0 Å². The van der Waals surface area contributed by atoms with Gasteiger partial charge in [-0.2, -0.15) is 4.98 Å². The number of aromatic amines is 1. The molecule has 25 heavy (non-hydrogen) atoms. The highest BCUT2D eigenvalue weighted by Crippen LogP contribution is 2.35. The Morgan fingerprint density at radius 3 is 2.16 bits per heavy atom. The molecule has 0 spiro atoms. The standard InChI is InChI=1S/C21H16N2O2/c1-25-19-13-18-17(12-16(19)14-8-4-2-5-9-14)20(23-21(24)22-18)15-10-6-3-7-11-15/h2-13H,1H3,(H,22,23,24). The van der Waals surface area contributed by atoms with Crippen molar-refractivity contribution in [2.45, 2.75) is 0 Å². The van der Waals surface area contributed by atoms with E-state index in [4.69, 9.17) is 4.74 Å². The number of methoxy groups -OCH3 is 1. The maximum atomic E-state index is 12.0. The molecule has 1 N–H and O–H groups in total. The zero-order chi connectivity index (χ0) is 17.2. The van der Waals surface area contributed by atoms with Crippen LogP contribution >= 0.6 is 0 Å². The lowest BCUT2D eigenvalue weighted by Gasteiger charge is -2.12. The number of ether oxygens (including phenoxy) is 1. The third-order valence-electron chi connectivity index (χ3n) is 4.18. The van der Waals surface area contributed by atoms with E-state index in [2.05, 4.69) is 9.97 Å². The smallest absolute Gasteiger partial charge is 0.345 e. The fourth-order valence-corrected chi connectivity index (χ4v) is 3.01. The Morgan fingerprint density at radius 2 is 1.52 bits per heavy atom. The van der Waals surface area contributed by atoms with Crippen LogP contribution in [-0.4, -0.2) is 17.1 Å². The maximum Gasteiger partial charge on any atom is 0.345 e. The number of rotatable bonds is 3. The Bertz CT molecular complexity index is 1090. The summed E-state index contributed by atoms with van der Waals surface area (Å²) in [7, 11) is 1.63. The molecule has 0 bridgehead atoms. The van der Waals surface area contributed by atoms with Crippen molar-refractivity contribution in [1.29, 1.82) is 0 Å². The van der Waals surface area contributed by atoms with Crippen LogP contribution in [0.4, 0.5) is 0 Å². The Morgan fingerprint density at radius 1 is 0.880 bits per heavy atom. The van der Waals surface area contributed by atoms with Gasteiger partial charge < -0.3 is 9.72 Å². The molecule has 122 valence electrons. The van der Waals surface area contributed by atoms with Gasteiger partial charge in [-0.05, 0) is 11.6 Å². The summed E-state index contributed by atoms with van der Waals surface area (Å²) in [5.41, 5.74) is 3.91. The van der Waals surface area contributed by atoms with Gasteiger partial charge in [0.1, 0.15) is 5.75 Å². The van der Waals surface area contributed by atoms with Crippen LogP contribution in [-0.2, 0) is 0 Å². The van der Waals surface area contributed by atoms with Crippen molar-refractivity contribution in [2.75, 3.05) is 7.11 Å². The first-order valence-electron chi connectivity index (χ1n) is 7.99. The second-order valence-electron chi connectivity index (χ2n) is 5.72. The van der Waals surface area contributed by atoms with Crippen molar-refractivity contribution < 1.29 is 4.74 Å². The van der Waals surface area contributed by atoms with E-state index in [1.165, 1.54) is 0 Å². The highest BCUT2D eigenvalue weighted by Gasteiger charge is 2.13. The van der Waals surface area contributed by atoms with Gasteiger partial charge >= 0.3 is 5.69 Å². The normalized spacial score (nSPS) is 10.8. The van der Waals surface area contributed by atoms with Crippen molar-refractivity contribution in [3.05, 3.63) is 83.3 Å². The number of nitrogens with zero attached hydrogens (tertiary/aromatic N) is 1. The molecule has 1 aromatic heterocycles. The number of fused-ring (bicyclic) bond motifs is 1. The minimum atomic E-state index is -0.374. The van der Waals surface area contributed by atoms with Crippen LogP contribution in [0.5, 0.6) is 5.75 Å².